The van der Waals surface area contributed by atoms with Gasteiger partial charge in [0.1, 0.15) is 0 Å². The van der Waals surface area contributed by atoms with Crippen LogP contribution < -0.4 is 9.80 Å². The van der Waals surface area contributed by atoms with E-state index in [4.69, 9.17) is 6.57 Å². The molecule has 0 aliphatic carbocycles. The van der Waals surface area contributed by atoms with Gasteiger partial charge in [-0.2, -0.15) is 26.3 Å². The van der Waals surface area contributed by atoms with Crippen molar-refractivity contribution in [1.29, 1.82) is 0 Å². The largest absolute Gasteiger partial charge is 0.435 e. The molecule has 0 aliphatic heterocycles. The average molecular weight is 713 g/mol. The summed E-state index contributed by atoms with van der Waals surface area (Å²) in [5.41, 5.74) is -8.90. The fraction of sp³-hybridized carbons (Fsp3) is 0.192. The smallest absolute Gasteiger partial charge is 0.309 e. The summed E-state index contributed by atoms with van der Waals surface area (Å²) in [7, 11) is 1.25. The van der Waals surface area contributed by atoms with Gasteiger partial charge >= 0.3 is 18.0 Å². The van der Waals surface area contributed by atoms with E-state index in [1.54, 1.807) is 18.2 Å². The van der Waals surface area contributed by atoms with Crippen LogP contribution in [0, 0.1) is 12.4 Å². The Balaban J connectivity index is 2.11. The van der Waals surface area contributed by atoms with E-state index in [0.29, 0.717) is 4.90 Å². The molecule has 3 aromatic rings. The summed E-state index contributed by atoms with van der Waals surface area (Å²) in [4.78, 5) is 30.8. The molecule has 0 aliphatic rings. The van der Waals surface area contributed by atoms with Crippen molar-refractivity contribution < 1.29 is 44.7 Å². The van der Waals surface area contributed by atoms with Crippen LogP contribution in [0.15, 0.2) is 69.6 Å². The number of carbonyl (C=O) groups is 2. The van der Waals surface area contributed by atoms with Crippen LogP contribution in [0.5, 0.6) is 0 Å². The van der Waals surface area contributed by atoms with Crippen LogP contribution in [0.2, 0.25) is 0 Å². The molecule has 3 rings (SSSR count). The maximum atomic E-state index is 15.6. The number of carbonyl (C=O) groups excluding carboxylic acids is 2. The van der Waals surface area contributed by atoms with Gasteiger partial charge < -0.3 is 4.90 Å². The highest BCUT2D eigenvalue weighted by Gasteiger charge is 2.73. The maximum Gasteiger partial charge on any atom is 0.435 e. The van der Waals surface area contributed by atoms with E-state index in [0.717, 1.165) is 11.0 Å². The van der Waals surface area contributed by atoms with Crippen molar-refractivity contribution in [2.75, 3.05) is 23.5 Å². The van der Waals surface area contributed by atoms with Crippen molar-refractivity contribution in [3.63, 3.8) is 0 Å². The van der Waals surface area contributed by atoms with E-state index >= 15 is 4.39 Å². The van der Waals surface area contributed by atoms with Gasteiger partial charge in [-0.25, -0.2) is 20.3 Å². The number of hydrogen-bond donors (Lipinski definition) is 0. The molecule has 0 heterocycles. The Labute approximate surface area is 244 Å². The zero-order valence-corrected chi connectivity index (χ0v) is 23.6. The molecule has 3 aromatic carbocycles. The van der Waals surface area contributed by atoms with Crippen molar-refractivity contribution >= 4 is 55.0 Å². The summed E-state index contributed by atoms with van der Waals surface area (Å²) in [6.45, 7) is 6.33. The van der Waals surface area contributed by atoms with E-state index in [9.17, 15) is 40.3 Å². The summed E-state index contributed by atoms with van der Waals surface area (Å²) in [6.07, 6.45) is -12.8. The number of nitrogens with zero attached hydrogens (tertiary/aromatic N) is 3. The van der Waals surface area contributed by atoms with Crippen LogP contribution in [-0.2, 0) is 5.67 Å². The topological polar surface area (TPSA) is 45.0 Å². The zero-order chi connectivity index (χ0) is 30.9. The van der Waals surface area contributed by atoms with Crippen molar-refractivity contribution in [1.82, 2.24) is 0 Å². The van der Waals surface area contributed by atoms with Crippen molar-refractivity contribution in [2.24, 2.45) is 0 Å². The lowest BCUT2D eigenvalue weighted by Crippen LogP contribution is -2.50. The predicted molar refractivity (Wildman–Crippen MR) is 141 cm³/mol. The van der Waals surface area contributed by atoms with Gasteiger partial charge in [0.25, 0.3) is 18.5 Å². The maximum absolute atomic E-state index is 15.6. The van der Waals surface area contributed by atoms with Gasteiger partial charge in [-0.05, 0) is 68.3 Å². The Morgan fingerprint density at radius 1 is 0.854 bits per heavy atom. The highest BCUT2D eigenvalue weighted by Crippen LogP contribution is 2.55. The number of anilines is 2. The van der Waals surface area contributed by atoms with E-state index in [1.807, 2.05) is 0 Å². The van der Waals surface area contributed by atoms with E-state index in [2.05, 4.69) is 36.7 Å². The molecule has 0 unspecified atom stereocenters. The van der Waals surface area contributed by atoms with Crippen molar-refractivity contribution in [2.45, 2.75) is 18.0 Å². The summed E-state index contributed by atoms with van der Waals surface area (Å²) in [6, 6.07) is 11.6. The van der Waals surface area contributed by atoms with E-state index in [1.165, 1.54) is 31.3 Å². The van der Waals surface area contributed by atoms with Gasteiger partial charge in [-0.15, -0.1) is 0 Å². The second-order valence-electron chi connectivity index (χ2n) is 8.34. The van der Waals surface area contributed by atoms with E-state index < -0.39 is 68.1 Å². The standard InChI is InChI=1S/C26H15Br2F8N3O2/c1-37-13-39(21-17(27)11-15(12-18(21)28)24(30,25(31,32)33)26(34,35)36)23(41)16-9-6-10-19(20(16)29)38(2)22(40)14-7-4-3-5-8-14/h3-12H,13H2,2H3. The summed E-state index contributed by atoms with van der Waals surface area (Å²) < 4.78 is 109. The monoisotopic (exact) mass is 711 g/mol. The van der Waals surface area contributed by atoms with Crippen molar-refractivity contribution in [3.8, 4) is 0 Å². The molecule has 0 bridgehead atoms. The number of hydrogen-bond acceptors (Lipinski definition) is 2. The molecule has 2 amide bonds. The highest BCUT2D eigenvalue weighted by molar-refractivity contribution is 9.11. The lowest BCUT2D eigenvalue weighted by atomic mass is 9.94. The summed E-state index contributed by atoms with van der Waals surface area (Å²) in [5, 5.41) is 0. The van der Waals surface area contributed by atoms with Crippen LogP contribution >= 0.6 is 31.9 Å². The van der Waals surface area contributed by atoms with Crippen LogP contribution in [0.4, 0.5) is 46.5 Å². The van der Waals surface area contributed by atoms with Gasteiger partial charge in [0.15, 0.2) is 5.82 Å². The third-order valence-electron chi connectivity index (χ3n) is 5.82. The molecule has 0 saturated heterocycles. The van der Waals surface area contributed by atoms with Crippen LogP contribution in [0.25, 0.3) is 4.85 Å². The average Bonchev–Trinajstić information content (AvgIpc) is 2.89. The van der Waals surface area contributed by atoms with Gasteiger partial charge in [0.05, 0.1) is 16.9 Å². The first-order valence-electron chi connectivity index (χ1n) is 11.1. The minimum Gasteiger partial charge on any atom is -0.309 e. The normalized spacial score (nSPS) is 12.0. The molecule has 0 aromatic heterocycles. The highest BCUT2D eigenvalue weighted by atomic mass is 79.9. The van der Waals surface area contributed by atoms with Crippen LogP contribution in [-0.4, -0.2) is 37.9 Å². The molecule has 0 fully saturated rings. The molecule has 5 nitrogen and oxygen atoms in total. The second-order valence-corrected chi connectivity index (χ2v) is 10.1. The first kappa shape index (κ1) is 32.0. The lowest BCUT2D eigenvalue weighted by molar-refractivity contribution is -0.348. The molecule has 0 atom stereocenters. The molecular weight excluding hydrogens is 698 g/mol. The fourth-order valence-electron chi connectivity index (χ4n) is 3.79. The molecule has 216 valence electrons. The molecular formula is C26H15Br2F8N3O2. The molecule has 0 saturated carbocycles. The Kier molecular flexibility index (Phi) is 9.19. The minimum absolute atomic E-state index is 0.171. The van der Waals surface area contributed by atoms with Gasteiger partial charge in [-0.3, -0.25) is 14.4 Å². The minimum atomic E-state index is -6.40. The Morgan fingerprint density at radius 2 is 1.39 bits per heavy atom. The Morgan fingerprint density at radius 3 is 1.88 bits per heavy atom. The quantitative estimate of drug-likeness (QED) is 0.190. The summed E-state index contributed by atoms with van der Waals surface area (Å²) in [5.74, 6) is -3.05. The zero-order valence-electron chi connectivity index (χ0n) is 20.4. The molecule has 0 spiro atoms. The number of alkyl halides is 7. The molecule has 0 radical (unpaired) electrons. The van der Waals surface area contributed by atoms with Gasteiger partial charge in [0.2, 0.25) is 0 Å². The first-order chi connectivity index (χ1) is 19.0. The van der Waals surface area contributed by atoms with Gasteiger partial charge in [-0.1, -0.05) is 24.3 Å². The number of halogens is 10. The SMILES string of the molecule is [C-]#[N+]CN(C(=O)c1cccc(N(C)C(=O)c2ccccc2)c1F)c1c(Br)cc(C(F)(C(F)(F)F)C(F)(F)F)cc1Br. The fourth-order valence-corrected chi connectivity index (χ4v) is 5.41. The van der Waals surface area contributed by atoms with Gasteiger partial charge in [0, 0.05) is 27.1 Å². The number of amides is 2. The van der Waals surface area contributed by atoms with E-state index in [-0.39, 0.29) is 23.4 Å². The third-order valence-corrected chi connectivity index (χ3v) is 7.03. The van der Waals surface area contributed by atoms with Crippen LogP contribution in [0.1, 0.15) is 26.3 Å². The van der Waals surface area contributed by atoms with Crippen LogP contribution in [0.3, 0.4) is 0 Å². The first-order valence-corrected chi connectivity index (χ1v) is 12.6. The predicted octanol–water partition coefficient (Wildman–Crippen LogP) is 8.44. The molecule has 41 heavy (non-hydrogen) atoms. The molecule has 15 heteroatoms. The van der Waals surface area contributed by atoms with Crippen molar-refractivity contribution in [3.05, 3.63) is 104 Å². The Hall–Kier alpha value is -3.51. The second kappa shape index (κ2) is 11.8. The number of rotatable bonds is 6. The summed E-state index contributed by atoms with van der Waals surface area (Å²) >= 11 is 5.52. The third kappa shape index (κ3) is 5.94. The Bertz CT molecular complexity index is 1480. The molecule has 0 N–H and O–H groups in total. The number of benzene rings is 3. The lowest BCUT2D eigenvalue weighted by Gasteiger charge is -2.31.